The molecule has 20 heavy (non-hydrogen) atoms. The molecule has 0 radical (unpaired) electrons. The van der Waals surface area contributed by atoms with Gasteiger partial charge >= 0.3 is 0 Å². The molecule has 0 spiro atoms. The molecule has 2 aliphatic heterocycles. The van der Waals surface area contributed by atoms with Gasteiger partial charge in [-0.15, -0.1) is 0 Å². The third-order valence-electron chi connectivity index (χ3n) is 4.52. The van der Waals surface area contributed by atoms with Crippen molar-refractivity contribution in [3.8, 4) is 5.69 Å². The first-order chi connectivity index (χ1) is 9.88. The van der Waals surface area contributed by atoms with E-state index in [0.29, 0.717) is 0 Å². The van der Waals surface area contributed by atoms with Gasteiger partial charge in [0.1, 0.15) is 0 Å². The molecule has 4 rings (SSSR count). The van der Waals surface area contributed by atoms with Crippen LogP contribution in [0, 0.1) is 11.8 Å². The van der Waals surface area contributed by atoms with E-state index in [4.69, 9.17) is 5.10 Å². The van der Waals surface area contributed by atoms with E-state index in [-0.39, 0.29) is 0 Å². The van der Waals surface area contributed by atoms with Crippen molar-refractivity contribution in [2.75, 3.05) is 26.2 Å². The Morgan fingerprint density at radius 2 is 1.80 bits per heavy atom. The molecular weight excluding hydrogens is 248 g/mol. The fraction of sp³-hybridized carbons (Fsp3) is 0.438. The first-order valence-electron chi connectivity index (χ1n) is 7.41. The van der Waals surface area contributed by atoms with Crippen molar-refractivity contribution in [3.63, 3.8) is 0 Å². The Balaban J connectivity index is 1.44. The van der Waals surface area contributed by atoms with Crippen LogP contribution < -0.4 is 5.32 Å². The molecule has 104 valence electrons. The summed E-state index contributed by atoms with van der Waals surface area (Å²) in [7, 11) is 0. The van der Waals surface area contributed by atoms with Crippen LogP contribution in [0.3, 0.4) is 0 Å². The van der Waals surface area contributed by atoms with Gasteiger partial charge in [0, 0.05) is 25.8 Å². The lowest BCUT2D eigenvalue weighted by atomic mass is 10.0. The molecule has 2 saturated heterocycles. The second-order valence-electron chi connectivity index (χ2n) is 5.96. The van der Waals surface area contributed by atoms with E-state index < -0.39 is 0 Å². The third kappa shape index (κ3) is 2.25. The zero-order chi connectivity index (χ0) is 13.4. The lowest BCUT2D eigenvalue weighted by Crippen LogP contribution is -2.25. The molecule has 0 bridgehead atoms. The monoisotopic (exact) mass is 268 g/mol. The second kappa shape index (κ2) is 5.04. The van der Waals surface area contributed by atoms with E-state index in [2.05, 4.69) is 34.6 Å². The van der Waals surface area contributed by atoms with Gasteiger partial charge in [-0.1, -0.05) is 18.2 Å². The average Bonchev–Trinajstić information content (AvgIpc) is 3.16. The summed E-state index contributed by atoms with van der Waals surface area (Å²) >= 11 is 0. The van der Waals surface area contributed by atoms with Crippen LogP contribution in [0.25, 0.3) is 5.69 Å². The van der Waals surface area contributed by atoms with Crippen LogP contribution >= 0.6 is 0 Å². The van der Waals surface area contributed by atoms with Crippen LogP contribution in [-0.4, -0.2) is 40.9 Å². The number of rotatable bonds is 3. The largest absolute Gasteiger partial charge is 0.316 e. The van der Waals surface area contributed by atoms with E-state index >= 15 is 0 Å². The average molecular weight is 268 g/mol. The summed E-state index contributed by atoms with van der Waals surface area (Å²) in [5, 5.41) is 8.19. The molecule has 2 atom stereocenters. The molecule has 2 aromatic rings. The molecule has 0 amide bonds. The van der Waals surface area contributed by atoms with E-state index in [1.165, 1.54) is 31.9 Å². The quantitative estimate of drug-likeness (QED) is 0.916. The molecule has 0 saturated carbocycles. The van der Waals surface area contributed by atoms with Crippen molar-refractivity contribution in [2.45, 2.75) is 6.54 Å². The smallest absolute Gasteiger partial charge is 0.0769 e. The van der Waals surface area contributed by atoms with Gasteiger partial charge in [-0.05, 0) is 43.1 Å². The highest BCUT2D eigenvalue weighted by atomic mass is 15.3. The summed E-state index contributed by atoms with van der Waals surface area (Å²) in [5.41, 5.74) is 2.29. The Bertz CT molecular complexity index is 565. The minimum absolute atomic E-state index is 0.853. The number of nitrogens with zero attached hydrogens (tertiary/aromatic N) is 3. The second-order valence-corrected chi connectivity index (χ2v) is 5.96. The number of hydrogen-bond acceptors (Lipinski definition) is 3. The molecule has 1 aromatic heterocycles. The van der Waals surface area contributed by atoms with Crippen LogP contribution in [-0.2, 0) is 6.54 Å². The number of likely N-dealkylation sites (tertiary alicyclic amines) is 1. The molecule has 1 aromatic carbocycles. The highest BCUT2D eigenvalue weighted by Crippen LogP contribution is 2.27. The van der Waals surface area contributed by atoms with Gasteiger partial charge in [0.05, 0.1) is 11.4 Å². The van der Waals surface area contributed by atoms with Crippen molar-refractivity contribution in [3.05, 3.63) is 48.3 Å². The Morgan fingerprint density at radius 1 is 1.05 bits per heavy atom. The Kier molecular flexibility index (Phi) is 3.05. The van der Waals surface area contributed by atoms with Gasteiger partial charge in [-0.3, -0.25) is 4.90 Å². The number of hydrogen-bond donors (Lipinski definition) is 1. The highest BCUT2D eigenvalue weighted by Gasteiger charge is 2.35. The SMILES string of the molecule is c1ccc(-n2ccc(CN3CC4CNCC4C3)n2)cc1. The first kappa shape index (κ1) is 12.1. The van der Waals surface area contributed by atoms with Crippen LogP contribution in [0.4, 0.5) is 0 Å². The van der Waals surface area contributed by atoms with Gasteiger partial charge in [0.25, 0.3) is 0 Å². The highest BCUT2D eigenvalue weighted by molar-refractivity contribution is 5.30. The zero-order valence-corrected chi connectivity index (χ0v) is 11.6. The lowest BCUT2D eigenvalue weighted by Gasteiger charge is -2.15. The predicted octanol–water partition coefficient (Wildman–Crippen LogP) is 1.52. The molecule has 3 heterocycles. The van der Waals surface area contributed by atoms with Crippen molar-refractivity contribution in [1.82, 2.24) is 20.0 Å². The number of aromatic nitrogens is 2. The van der Waals surface area contributed by atoms with Gasteiger partial charge in [0.2, 0.25) is 0 Å². The van der Waals surface area contributed by atoms with Gasteiger partial charge < -0.3 is 5.32 Å². The predicted molar refractivity (Wildman–Crippen MR) is 78.7 cm³/mol. The van der Waals surface area contributed by atoms with Crippen molar-refractivity contribution in [2.24, 2.45) is 11.8 Å². The van der Waals surface area contributed by atoms with Gasteiger partial charge in [0.15, 0.2) is 0 Å². The van der Waals surface area contributed by atoms with Crippen molar-refractivity contribution < 1.29 is 0 Å². The maximum atomic E-state index is 4.70. The van der Waals surface area contributed by atoms with Crippen LogP contribution in [0.1, 0.15) is 5.69 Å². The van der Waals surface area contributed by atoms with E-state index in [9.17, 15) is 0 Å². The molecule has 4 heteroatoms. The van der Waals surface area contributed by atoms with Crippen molar-refractivity contribution in [1.29, 1.82) is 0 Å². The van der Waals surface area contributed by atoms with E-state index in [1.807, 2.05) is 22.9 Å². The first-order valence-corrected chi connectivity index (χ1v) is 7.41. The fourth-order valence-electron chi connectivity index (χ4n) is 3.48. The number of benzene rings is 1. The summed E-state index contributed by atoms with van der Waals surface area (Å²) in [6, 6.07) is 12.4. The Hall–Kier alpha value is -1.65. The summed E-state index contributed by atoms with van der Waals surface area (Å²) in [5.74, 6) is 1.71. The topological polar surface area (TPSA) is 33.1 Å². The van der Waals surface area contributed by atoms with E-state index in [1.54, 1.807) is 0 Å². The van der Waals surface area contributed by atoms with Gasteiger partial charge in [-0.25, -0.2) is 4.68 Å². The van der Waals surface area contributed by atoms with Crippen molar-refractivity contribution >= 4 is 0 Å². The number of para-hydroxylation sites is 1. The summed E-state index contributed by atoms with van der Waals surface area (Å²) in [6.45, 7) is 5.80. The minimum atomic E-state index is 0.853. The number of fused-ring (bicyclic) bond motifs is 1. The standard InChI is InChI=1S/C16H20N4/c1-2-4-16(5-3-1)20-7-6-15(18-20)12-19-10-13-8-17-9-14(13)11-19/h1-7,13-14,17H,8-12H2. The molecule has 2 fully saturated rings. The fourth-order valence-corrected chi connectivity index (χ4v) is 3.48. The maximum Gasteiger partial charge on any atom is 0.0769 e. The molecule has 2 aliphatic rings. The molecular formula is C16H20N4. The summed E-state index contributed by atoms with van der Waals surface area (Å²) in [4.78, 5) is 2.55. The maximum absolute atomic E-state index is 4.70. The Labute approximate surface area is 119 Å². The van der Waals surface area contributed by atoms with Gasteiger partial charge in [-0.2, -0.15) is 5.10 Å². The number of nitrogens with one attached hydrogen (secondary N) is 1. The van der Waals surface area contributed by atoms with E-state index in [0.717, 1.165) is 24.1 Å². The van der Waals surface area contributed by atoms with Crippen LogP contribution in [0.2, 0.25) is 0 Å². The van der Waals surface area contributed by atoms with Crippen LogP contribution in [0.5, 0.6) is 0 Å². The lowest BCUT2D eigenvalue weighted by molar-refractivity contribution is 0.301. The molecule has 4 nitrogen and oxygen atoms in total. The normalized spacial score (nSPS) is 26.0. The summed E-state index contributed by atoms with van der Waals surface area (Å²) < 4.78 is 1.97. The minimum Gasteiger partial charge on any atom is -0.316 e. The van der Waals surface area contributed by atoms with Crippen LogP contribution in [0.15, 0.2) is 42.6 Å². The molecule has 0 aliphatic carbocycles. The third-order valence-corrected chi connectivity index (χ3v) is 4.52. The molecule has 1 N–H and O–H groups in total. The summed E-state index contributed by atoms with van der Waals surface area (Å²) in [6.07, 6.45) is 2.06. The molecule has 2 unspecified atom stereocenters. The Morgan fingerprint density at radius 3 is 2.55 bits per heavy atom. The zero-order valence-electron chi connectivity index (χ0n) is 11.6.